The highest BCUT2D eigenvalue weighted by atomic mass is 35.5. The molecule has 0 heterocycles. The Labute approximate surface area is 127 Å². The van der Waals surface area contributed by atoms with Crippen LogP contribution >= 0.6 is 23.2 Å². The molecule has 3 N–H and O–H groups in total. The number of benzene rings is 2. The van der Waals surface area contributed by atoms with E-state index in [1.807, 2.05) is 19.1 Å². The Bertz CT molecular complexity index is 644. The zero-order valence-electron chi connectivity index (χ0n) is 10.9. The fourth-order valence-corrected chi connectivity index (χ4v) is 2.27. The Morgan fingerprint density at radius 1 is 1.20 bits per heavy atom. The van der Waals surface area contributed by atoms with Crippen molar-refractivity contribution in [3.8, 4) is 0 Å². The topological polar surface area (TPSA) is 55.1 Å². The maximum atomic E-state index is 12.2. The molecule has 1 amide bonds. The molecule has 104 valence electrons. The molecule has 0 aliphatic rings. The smallest absolute Gasteiger partial charge is 0.231 e. The second-order valence-corrected chi connectivity index (χ2v) is 5.35. The molecule has 5 heteroatoms. The van der Waals surface area contributed by atoms with E-state index >= 15 is 0 Å². The number of nitrogens with one attached hydrogen (secondary N) is 1. The predicted molar refractivity (Wildman–Crippen MR) is 84.4 cm³/mol. The van der Waals surface area contributed by atoms with Crippen LogP contribution in [0, 0.1) is 0 Å². The van der Waals surface area contributed by atoms with Crippen LogP contribution in [0.1, 0.15) is 18.4 Å². The molecule has 0 aromatic heterocycles. The molecule has 0 aliphatic carbocycles. The summed E-state index contributed by atoms with van der Waals surface area (Å²) in [5.74, 6) is -0.481. The number of carbonyl (C=O) groups is 1. The van der Waals surface area contributed by atoms with Crippen molar-refractivity contribution in [2.24, 2.45) is 0 Å². The lowest BCUT2D eigenvalue weighted by Crippen LogP contribution is -2.19. The number of anilines is 2. The molecule has 2 aromatic carbocycles. The number of nitrogen functional groups attached to an aromatic ring is 1. The molecule has 0 saturated heterocycles. The molecule has 0 spiro atoms. The van der Waals surface area contributed by atoms with E-state index in [4.69, 9.17) is 28.9 Å². The summed E-state index contributed by atoms with van der Waals surface area (Å²) in [7, 11) is 0. The average molecular weight is 309 g/mol. The van der Waals surface area contributed by atoms with Crippen LogP contribution in [0.25, 0.3) is 0 Å². The Morgan fingerprint density at radius 3 is 2.60 bits per heavy atom. The number of nitrogens with two attached hydrogens (primary N) is 1. The quantitative estimate of drug-likeness (QED) is 0.830. The SMILES string of the molecule is CC(C(=O)Nc1ccc(Cl)cc1Cl)c1cccc(N)c1. The van der Waals surface area contributed by atoms with Crippen molar-refractivity contribution in [3.63, 3.8) is 0 Å². The van der Waals surface area contributed by atoms with Crippen molar-refractivity contribution >= 4 is 40.5 Å². The summed E-state index contributed by atoms with van der Waals surface area (Å²) >= 11 is 11.8. The molecule has 1 unspecified atom stereocenters. The second kappa shape index (κ2) is 6.16. The first-order valence-electron chi connectivity index (χ1n) is 6.08. The first kappa shape index (κ1) is 14.7. The maximum Gasteiger partial charge on any atom is 0.231 e. The lowest BCUT2D eigenvalue weighted by Gasteiger charge is -2.14. The lowest BCUT2D eigenvalue weighted by atomic mass is 10.00. The van der Waals surface area contributed by atoms with Crippen LogP contribution in [0.2, 0.25) is 10.0 Å². The van der Waals surface area contributed by atoms with Crippen LogP contribution in [-0.4, -0.2) is 5.91 Å². The highest BCUT2D eigenvalue weighted by molar-refractivity contribution is 6.36. The summed E-state index contributed by atoms with van der Waals surface area (Å²) in [6.45, 7) is 1.81. The Morgan fingerprint density at radius 2 is 1.95 bits per heavy atom. The van der Waals surface area contributed by atoms with E-state index in [9.17, 15) is 4.79 Å². The van der Waals surface area contributed by atoms with Gasteiger partial charge in [-0.05, 0) is 42.8 Å². The average Bonchev–Trinajstić information content (AvgIpc) is 2.41. The van der Waals surface area contributed by atoms with Gasteiger partial charge in [-0.15, -0.1) is 0 Å². The van der Waals surface area contributed by atoms with Gasteiger partial charge in [0.2, 0.25) is 5.91 Å². The summed E-state index contributed by atoms with van der Waals surface area (Å²) in [6.07, 6.45) is 0. The van der Waals surface area contributed by atoms with Gasteiger partial charge >= 0.3 is 0 Å². The van der Waals surface area contributed by atoms with Crippen molar-refractivity contribution in [2.45, 2.75) is 12.8 Å². The van der Waals surface area contributed by atoms with E-state index in [2.05, 4.69) is 5.32 Å². The van der Waals surface area contributed by atoms with E-state index in [-0.39, 0.29) is 11.8 Å². The van der Waals surface area contributed by atoms with Gasteiger partial charge in [0.25, 0.3) is 0 Å². The van der Waals surface area contributed by atoms with Gasteiger partial charge in [0.1, 0.15) is 0 Å². The Balaban J connectivity index is 2.15. The third kappa shape index (κ3) is 3.44. The Kier molecular flexibility index (Phi) is 4.53. The first-order valence-corrected chi connectivity index (χ1v) is 6.84. The minimum Gasteiger partial charge on any atom is -0.399 e. The summed E-state index contributed by atoms with van der Waals surface area (Å²) < 4.78 is 0. The van der Waals surface area contributed by atoms with Gasteiger partial charge in [-0.25, -0.2) is 0 Å². The minimum absolute atomic E-state index is 0.153. The van der Waals surface area contributed by atoms with Gasteiger partial charge < -0.3 is 11.1 Å². The summed E-state index contributed by atoms with van der Waals surface area (Å²) in [5.41, 5.74) is 7.75. The van der Waals surface area contributed by atoms with Crippen molar-refractivity contribution in [3.05, 3.63) is 58.1 Å². The van der Waals surface area contributed by atoms with Crippen LogP contribution in [0.4, 0.5) is 11.4 Å². The summed E-state index contributed by atoms with van der Waals surface area (Å²) in [4.78, 5) is 12.2. The fraction of sp³-hybridized carbons (Fsp3) is 0.133. The van der Waals surface area contributed by atoms with Crippen LogP contribution in [0.5, 0.6) is 0 Å². The summed E-state index contributed by atoms with van der Waals surface area (Å²) in [5, 5.41) is 3.72. The molecule has 0 saturated carbocycles. The molecule has 3 nitrogen and oxygen atoms in total. The molecule has 0 fully saturated rings. The number of hydrogen-bond acceptors (Lipinski definition) is 2. The Hall–Kier alpha value is -1.71. The molecule has 1 atom stereocenters. The zero-order valence-corrected chi connectivity index (χ0v) is 12.4. The van der Waals surface area contributed by atoms with E-state index in [1.165, 1.54) is 0 Å². The van der Waals surface area contributed by atoms with Gasteiger partial charge in [0.15, 0.2) is 0 Å². The minimum atomic E-state index is -0.328. The largest absolute Gasteiger partial charge is 0.399 e. The van der Waals surface area contributed by atoms with E-state index < -0.39 is 0 Å². The molecule has 0 aliphatic heterocycles. The molecular formula is C15H14Cl2N2O. The van der Waals surface area contributed by atoms with E-state index in [0.717, 1.165) is 5.56 Å². The van der Waals surface area contributed by atoms with Crippen molar-refractivity contribution in [1.29, 1.82) is 0 Å². The van der Waals surface area contributed by atoms with Crippen LogP contribution in [-0.2, 0) is 4.79 Å². The number of hydrogen-bond donors (Lipinski definition) is 2. The van der Waals surface area contributed by atoms with Crippen LogP contribution in [0.15, 0.2) is 42.5 Å². The zero-order chi connectivity index (χ0) is 14.7. The predicted octanol–water partition coefficient (Wildman–Crippen LogP) is 4.32. The number of amides is 1. The molecule has 2 rings (SSSR count). The van der Waals surface area contributed by atoms with Gasteiger partial charge in [-0.2, -0.15) is 0 Å². The van der Waals surface area contributed by atoms with Crippen molar-refractivity contribution in [2.75, 3.05) is 11.1 Å². The first-order chi connectivity index (χ1) is 9.47. The maximum absolute atomic E-state index is 12.2. The van der Waals surface area contributed by atoms with Crippen molar-refractivity contribution in [1.82, 2.24) is 0 Å². The monoisotopic (exact) mass is 308 g/mol. The molecule has 20 heavy (non-hydrogen) atoms. The van der Waals surface area contributed by atoms with Crippen LogP contribution < -0.4 is 11.1 Å². The highest BCUT2D eigenvalue weighted by Crippen LogP contribution is 2.27. The van der Waals surface area contributed by atoms with Crippen LogP contribution in [0.3, 0.4) is 0 Å². The van der Waals surface area contributed by atoms with Gasteiger partial charge in [0, 0.05) is 10.7 Å². The third-order valence-corrected chi connectivity index (χ3v) is 3.54. The molecule has 0 radical (unpaired) electrons. The third-order valence-electron chi connectivity index (χ3n) is 2.99. The normalized spacial score (nSPS) is 11.9. The van der Waals surface area contributed by atoms with Gasteiger partial charge in [-0.1, -0.05) is 35.3 Å². The second-order valence-electron chi connectivity index (χ2n) is 4.51. The van der Waals surface area contributed by atoms with Gasteiger partial charge in [0.05, 0.1) is 16.6 Å². The highest BCUT2D eigenvalue weighted by Gasteiger charge is 2.16. The number of halogens is 2. The summed E-state index contributed by atoms with van der Waals surface area (Å²) in [6, 6.07) is 12.2. The molecular weight excluding hydrogens is 295 g/mol. The standard InChI is InChI=1S/C15H14Cl2N2O/c1-9(10-3-2-4-12(18)7-10)15(20)19-14-6-5-11(16)8-13(14)17/h2-9H,18H2,1H3,(H,19,20). The van der Waals surface area contributed by atoms with E-state index in [1.54, 1.807) is 30.3 Å². The van der Waals surface area contributed by atoms with E-state index in [0.29, 0.717) is 21.4 Å². The molecule has 2 aromatic rings. The molecule has 0 bridgehead atoms. The van der Waals surface area contributed by atoms with Gasteiger partial charge in [-0.3, -0.25) is 4.79 Å². The fourth-order valence-electron chi connectivity index (χ4n) is 1.81. The number of carbonyl (C=O) groups excluding carboxylic acids is 1. The number of rotatable bonds is 3. The van der Waals surface area contributed by atoms with Crippen molar-refractivity contribution < 1.29 is 4.79 Å². The lowest BCUT2D eigenvalue weighted by molar-refractivity contribution is -0.117.